The second kappa shape index (κ2) is 9.76. The molecular formula is C26H42O9. The van der Waals surface area contributed by atoms with Crippen molar-refractivity contribution in [3.63, 3.8) is 0 Å². The number of Topliss-reactive ketones (excluding diaryl/α,β-unsaturated/α-hetero) is 1. The number of carbonyl (C=O) groups is 1. The summed E-state index contributed by atoms with van der Waals surface area (Å²) in [4.78, 5) is 13.1. The average molecular weight is 499 g/mol. The Morgan fingerprint density at radius 1 is 1.09 bits per heavy atom. The molecule has 3 aliphatic carbocycles. The highest BCUT2D eigenvalue weighted by molar-refractivity contribution is 5.81. The molecule has 4 rings (SSSR count). The molecule has 2 saturated carbocycles. The minimum atomic E-state index is -1.51. The van der Waals surface area contributed by atoms with Gasteiger partial charge in [-0.1, -0.05) is 32.4 Å². The zero-order valence-electron chi connectivity index (χ0n) is 21.0. The molecule has 3 fully saturated rings. The average Bonchev–Trinajstić information content (AvgIpc) is 2.80. The third-order valence-corrected chi connectivity index (χ3v) is 9.63. The number of rotatable bonds is 6. The van der Waals surface area contributed by atoms with Gasteiger partial charge in [-0.25, -0.2) is 0 Å². The van der Waals surface area contributed by atoms with Crippen molar-refractivity contribution in [2.45, 2.75) is 96.1 Å². The van der Waals surface area contributed by atoms with E-state index in [4.69, 9.17) is 9.47 Å². The minimum Gasteiger partial charge on any atom is -0.394 e. The lowest BCUT2D eigenvalue weighted by Gasteiger charge is -2.60. The zero-order chi connectivity index (χ0) is 25.8. The van der Waals surface area contributed by atoms with Crippen LogP contribution in [-0.4, -0.2) is 93.1 Å². The van der Waals surface area contributed by atoms with Gasteiger partial charge in [-0.2, -0.15) is 0 Å². The highest BCUT2D eigenvalue weighted by atomic mass is 16.7. The molecule has 0 spiro atoms. The lowest BCUT2D eigenvalue weighted by Crippen LogP contribution is -2.60. The number of aliphatic hydroxyl groups is 6. The van der Waals surface area contributed by atoms with Gasteiger partial charge in [0.05, 0.1) is 25.9 Å². The third-order valence-electron chi connectivity index (χ3n) is 9.63. The molecule has 9 nitrogen and oxygen atoms in total. The monoisotopic (exact) mass is 498 g/mol. The Morgan fingerprint density at radius 3 is 2.46 bits per heavy atom. The van der Waals surface area contributed by atoms with Gasteiger partial charge in [0.2, 0.25) is 0 Å². The Morgan fingerprint density at radius 2 is 1.80 bits per heavy atom. The predicted octanol–water partition coefficient (Wildman–Crippen LogP) is 0.284. The third kappa shape index (κ3) is 4.63. The van der Waals surface area contributed by atoms with Crippen LogP contribution in [0.25, 0.3) is 0 Å². The van der Waals surface area contributed by atoms with Crippen molar-refractivity contribution < 1.29 is 44.9 Å². The molecule has 11 atom stereocenters. The normalized spacial score (nSPS) is 49.1. The summed E-state index contributed by atoms with van der Waals surface area (Å²) in [5, 5.41) is 59.9. The zero-order valence-corrected chi connectivity index (χ0v) is 21.0. The van der Waals surface area contributed by atoms with E-state index in [1.165, 1.54) is 5.57 Å². The lowest BCUT2D eigenvalue weighted by molar-refractivity contribution is -0.309. The van der Waals surface area contributed by atoms with E-state index in [9.17, 15) is 35.4 Å². The number of allylic oxidation sites excluding steroid dienone is 1. The fourth-order valence-corrected chi connectivity index (χ4v) is 7.67. The number of ether oxygens (including phenoxy) is 2. The molecule has 0 amide bonds. The number of hydrogen-bond acceptors (Lipinski definition) is 9. The van der Waals surface area contributed by atoms with E-state index in [0.717, 1.165) is 25.7 Å². The second-order valence-electron chi connectivity index (χ2n) is 12.2. The molecule has 1 heterocycles. The van der Waals surface area contributed by atoms with E-state index >= 15 is 0 Å². The maximum absolute atomic E-state index is 13.1. The quantitative estimate of drug-likeness (QED) is 0.283. The first-order chi connectivity index (χ1) is 16.4. The summed E-state index contributed by atoms with van der Waals surface area (Å²) < 4.78 is 11.5. The van der Waals surface area contributed by atoms with Crippen molar-refractivity contribution in [2.75, 3.05) is 19.8 Å². The van der Waals surface area contributed by atoms with Crippen LogP contribution in [0.3, 0.4) is 0 Å². The molecule has 0 aromatic carbocycles. The smallest absolute Gasteiger partial charge is 0.186 e. The van der Waals surface area contributed by atoms with E-state index in [-0.39, 0.29) is 36.2 Å². The standard InChI is InChI=1S/C26H42O9/c1-24(19(30)12-28)7-6-16-14(8-24)4-5-18-25(2,9-15(29)10-26(16,18)3)13-34-23-22(33)21(32)20(31)17(11-27)35-23/h8,16-23,27-28,30-33H,4-7,9-13H2,1-3H3/t16-,17-,18-,19+,20-,21+,22-,23+,24+,25+,26+/m1/s1. The first kappa shape index (κ1) is 27.1. The van der Waals surface area contributed by atoms with Crippen molar-refractivity contribution >= 4 is 5.78 Å². The van der Waals surface area contributed by atoms with Gasteiger partial charge in [-0.15, -0.1) is 0 Å². The maximum Gasteiger partial charge on any atom is 0.186 e. The topological polar surface area (TPSA) is 157 Å². The van der Waals surface area contributed by atoms with Gasteiger partial charge in [-0.3, -0.25) is 4.79 Å². The van der Waals surface area contributed by atoms with Gasteiger partial charge in [0.15, 0.2) is 6.29 Å². The van der Waals surface area contributed by atoms with Gasteiger partial charge in [0.25, 0.3) is 0 Å². The van der Waals surface area contributed by atoms with E-state index < -0.39 is 54.2 Å². The molecule has 1 aliphatic heterocycles. The van der Waals surface area contributed by atoms with Gasteiger partial charge in [0.1, 0.15) is 30.2 Å². The van der Waals surface area contributed by atoms with Crippen LogP contribution in [0.1, 0.15) is 59.3 Å². The molecule has 1 saturated heterocycles. The van der Waals surface area contributed by atoms with Crippen LogP contribution in [0.15, 0.2) is 11.6 Å². The lowest BCUT2D eigenvalue weighted by atomic mass is 9.45. The molecule has 4 aliphatic rings. The van der Waals surface area contributed by atoms with Crippen molar-refractivity contribution in [2.24, 2.45) is 28.1 Å². The number of aliphatic hydroxyl groups excluding tert-OH is 6. The number of hydrogen-bond donors (Lipinski definition) is 6. The molecule has 0 bridgehead atoms. The minimum absolute atomic E-state index is 0.133. The molecule has 35 heavy (non-hydrogen) atoms. The fourth-order valence-electron chi connectivity index (χ4n) is 7.67. The van der Waals surface area contributed by atoms with E-state index in [1.807, 2.05) is 13.8 Å². The molecule has 0 unspecified atom stereocenters. The summed E-state index contributed by atoms with van der Waals surface area (Å²) in [6.07, 6.45) is -1.27. The maximum atomic E-state index is 13.1. The van der Waals surface area contributed by atoms with E-state index in [1.54, 1.807) is 0 Å². The Labute approximate surface area is 206 Å². The van der Waals surface area contributed by atoms with Gasteiger partial charge in [0, 0.05) is 23.7 Å². The molecule has 6 N–H and O–H groups in total. The van der Waals surface area contributed by atoms with Crippen LogP contribution >= 0.6 is 0 Å². The van der Waals surface area contributed by atoms with Crippen LogP contribution in [0, 0.1) is 28.1 Å². The van der Waals surface area contributed by atoms with Crippen LogP contribution in [-0.2, 0) is 14.3 Å². The molecule has 0 aromatic heterocycles. The molecule has 200 valence electrons. The Kier molecular flexibility index (Phi) is 7.57. The molecular weight excluding hydrogens is 456 g/mol. The Hall–Kier alpha value is -0.910. The highest BCUT2D eigenvalue weighted by Crippen LogP contribution is 2.63. The predicted molar refractivity (Wildman–Crippen MR) is 125 cm³/mol. The van der Waals surface area contributed by atoms with E-state index in [0.29, 0.717) is 12.8 Å². The summed E-state index contributed by atoms with van der Waals surface area (Å²) in [6.45, 7) is 5.53. The molecule has 9 heteroatoms. The Balaban J connectivity index is 1.54. The SMILES string of the molecule is C[C@@]1(CO[C@H]2O[C@H](CO)[C@@H](O)[C@H](O)[C@H]2O)CC(=O)C[C@@]2(C)[C@@H]3CC[C@](C)([C@@H](O)CO)C=C3CC[C@H]12. The van der Waals surface area contributed by atoms with Crippen molar-refractivity contribution in [1.82, 2.24) is 0 Å². The van der Waals surface area contributed by atoms with Gasteiger partial charge < -0.3 is 40.1 Å². The van der Waals surface area contributed by atoms with Crippen LogP contribution in [0.2, 0.25) is 0 Å². The van der Waals surface area contributed by atoms with Crippen LogP contribution in [0.5, 0.6) is 0 Å². The Bertz CT molecular complexity index is 830. The van der Waals surface area contributed by atoms with Crippen LogP contribution in [0.4, 0.5) is 0 Å². The number of fused-ring (bicyclic) bond motifs is 3. The van der Waals surface area contributed by atoms with Gasteiger partial charge >= 0.3 is 0 Å². The largest absolute Gasteiger partial charge is 0.394 e. The summed E-state index contributed by atoms with van der Waals surface area (Å²) in [7, 11) is 0. The van der Waals surface area contributed by atoms with Crippen LogP contribution < -0.4 is 0 Å². The number of ketones is 1. The summed E-state index contributed by atoms with van der Waals surface area (Å²) in [5.41, 5.74) is -0.00667. The number of carbonyl (C=O) groups excluding carboxylic acids is 1. The molecule has 0 radical (unpaired) electrons. The highest BCUT2D eigenvalue weighted by Gasteiger charge is 2.59. The van der Waals surface area contributed by atoms with Crippen molar-refractivity contribution in [3.8, 4) is 0 Å². The van der Waals surface area contributed by atoms with Gasteiger partial charge in [-0.05, 0) is 42.9 Å². The van der Waals surface area contributed by atoms with E-state index in [2.05, 4.69) is 13.0 Å². The first-order valence-corrected chi connectivity index (χ1v) is 12.8. The summed E-state index contributed by atoms with van der Waals surface area (Å²) in [6, 6.07) is 0. The molecule has 0 aromatic rings. The van der Waals surface area contributed by atoms with Crippen molar-refractivity contribution in [3.05, 3.63) is 11.6 Å². The second-order valence-corrected chi connectivity index (χ2v) is 12.2. The first-order valence-electron chi connectivity index (χ1n) is 12.8. The summed E-state index contributed by atoms with van der Waals surface area (Å²) in [5.74, 6) is 0.538. The van der Waals surface area contributed by atoms with Crippen molar-refractivity contribution in [1.29, 1.82) is 0 Å². The fraction of sp³-hybridized carbons (Fsp3) is 0.885. The summed E-state index contributed by atoms with van der Waals surface area (Å²) >= 11 is 0.